The molecule has 0 radical (unpaired) electrons. The number of rotatable bonds is 2. The van der Waals surface area contributed by atoms with Gasteiger partial charge < -0.3 is 19.3 Å². The molecular formula is C18H15O6+. The van der Waals surface area contributed by atoms with Gasteiger partial charge in [0.15, 0.2) is 17.3 Å². The van der Waals surface area contributed by atoms with Crippen LogP contribution in [0.2, 0.25) is 0 Å². The molecule has 2 aromatic carbocycles. The van der Waals surface area contributed by atoms with Crippen LogP contribution in [0.15, 0.2) is 34.8 Å². The van der Waals surface area contributed by atoms with E-state index in [1.165, 1.54) is 19.2 Å². The summed E-state index contributed by atoms with van der Waals surface area (Å²) in [4.78, 5) is 13.0. The molecule has 6 nitrogen and oxygen atoms in total. The summed E-state index contributed by atoms with van der Waals surface area (Å²) in [6.07, 6.45) is -0.530. The highest BCUT2D eigenvalue weighted by atomic mass is 16.5. The molecule has 6 heteroatoms. The summed E-state index contributed by atoms with van der Waals surface area (Å²) in [6, 6.07) is 7.90. The van der Waals surface area contributed by atoms with Crippen LogP contribution < -0.4 is 24.9 Å². The van der Waals surface area contributed by atoms with E-state index in [9.17, 15) is 9.90 Å². The van der Waals surface area contributed by atoms with Crippen molar-refractivity contribution in [1.82, 2.24) is 0 Å². The number of fused-ring (bicyclic) bond motifs is 3. The van der Waals surface area contributed by atoms with Crippen molar-refractivity contribution < 1.29 is 24.1 Å². The van der Waals surface area contributed by atoms with E-state index in [1.807, 2.05) is 0 Å². The normalized spacial score (nSPS) is 17.8. The summed E-state index contributed by atoms with van der Waals surface area (Å²) in [5, 5.41) is 10.2. The van der Waals surface area contributed by atoms with Crippen molar-refractivity contribution in [2.45, 2.75) is 6.10 Å². The standard InChI is InChI=1S/C18H14O6/c1-21-14-6-11-12(7-15(14)22-2)23-8-16-17(11)18(20)10-4-3-9(19)5-13(10)24-16/h3-7,16H,8H2,1-2H3/p+1/t16-/m1/s1. The number of aromatic hydroxyl groups is 1. The van der Waals surface area contributed by atoms with Crippen LogP contribution in [-0.4, -0.2) is 37.8 Å². The number of ether oxygens (including phenoxy) is 3. The number of carbonyl (C=O) groups is 1. The molecule has 4 rings (SSSR count). The topological polar surface area (TPSA) is 76.3 Å². The molecule has 0 bridgehead atoms. The van der Waals surface area contributed by atoms with Gasteiger partial charge in [-0.3, -0.25) is 4.79 Å². The van der Waals surface area contributed by atoms with E-state index >= 15 is 0 Å². The average Bonchev–Trinajstić information content (AvgIpc) is 2.59. The molecule has 0 spiro atoms. The maximum absolute atomic E-state index is 13.0. The second-order valence-electron chi connectivity index (χ2n) is 5.54. The summed E-state index contributed by atoms with van der Waals surface area (Å²) < 4.78 is 22.2. The van der Waals surface area contributed by atoms with Crippen LogP contribution >= 0.6 is 0 Å². The van der Waals surface area contributed by atoms with Gasteiger partial charge in [0.25, 0.3) is 0 Å². The van der Waals surface area contributed by atoms with Crippen LogP contribution in [-0.2, 0) is 0 Å². The fourth-order valence-electron chi connectivity index (χ4n) is 3.07. The summed E-state index contributed by atoms with van der Waals surface area (Å²) in [6.45, 7) is 0.207. The predicted octanol–water partition coefficient (Wildman–Crippen LogP) is 0.832. The number of hydrogen-bond acceptors (Lipinski definition) is 5. The Morgan fingerprint density at radius 2 is 1.92 bits per heavy atom. The number of benzene rings is 2. The molecule has 2 aliphatic rings. The molecule has 0 amide bonds. The molecule has 1 N–H and O–H groups in total. The van der Waals surface area contributed by atoms with Gasteiger partial charge in [-0.25, -0.2) is 4.42 Å². The predicted molar refractivity (Wildman–Crippen MR) is 86.2 cm³/mol. The van der Waals surface area contributed by atoms with Crippen LogP contribution in [0.5, 0.6) is 23.0 Å². The third-order valence-corrected chi connectivity index (χ3v) is 4.21. The molecule has 2 aliphatic heterocycles. The van der Waals surface area contributed by atoms with Crippen LogP contribution in [0, 0.1) is 0 Å². The summed E-state index contributed by atoms with van der Waals surface area (Å²) >= 11 is 0. The molecule has 0 aromatic heterocycles. The van der Waals surface area contributed by atoms with Crippen molar-refractivity contribution in [3.8, 4) is 23.0 Å². The van der Waals surface area contributed by atoms with Crippen molar-refractivity contribution >= 4 is 11.4 Å². The van der Waals surface area contributed by atoms with Crippen LogP contribution in [0.3, 0.4) is 0 Å². The van der Waals surface area contributed by atoms with Crippen molar-refractivity contribution in [3.63, 3.8) is 0 Å². The quantitative estimate of drug-likeness (QED) is 0.827. The fourth-order valence-corrected chi connectivity index (χ4v) is 3.07. The van der Waals surface area contributed by atoms with Crippen molar-refractivity contribution in [1.29, 1.82) is 0 Å². The molecule has 2 aromatic rings. The molecule has 122 valence electrons. The second kappa shape index (κ2) is 5.26. The lowest BCUT2D eigenvalue weighted by Gasteiger charge is -2.25. The first-order chi connectivity index (χ1) is 11.6. The maximum atomic E-state index is 13.0. The molecule has 0 aliphatic carbocycles. The Bertz CT molecular complexity index is 976. The average molecular weight is 327 g/mol. The highest BCUT2D eigenvalue weighted by Gasteiger charge is 2.39. The van der Waals surface area contributed by atoms with Crippen molar-refractivity contribution in [2.24, 2.45) is 0 Å². The molecular weight excluding hydrogens is 312 g/mol. The zero-order valence-electron chi connectivity index (χ0n) is 13.2. The van der Waals surface area contributed by atoms with E-state index in [2.05, 4.69) is 0 Å². The first-order valence-electron chi connectivity index (χ1n) is 7.42. The number of methoxy groups -OCH3 is 2. The van der Waals surface area contributed by atoms with Gasteiger partial charge in [-0.05, 0) is 12.1 Å². The Kier molecular flexibility index (Phi) is 3.19. The lowest BCUT2D eigenvalue weighted by atomic mass is 9.92. The van der Waals surface area contributed by atoms with E-state index in [4.69, 9.17) is 18.6 Å². The zero-order chi connectivity index (χ0) is 16.8. The lowest BCUT2D eigenvalue weighted by Crippen LogP contribution is -2.44. The van der Waals surface area contributed by atoms with Crippen LogP contribution in [0.25, 0.3) is 5.57 Å². The van der Waals surface area contributed by atoms with Gasteiger partial charge in [-0.1, -0.05) is 0 Å². The van der Waals surface area contributed by atoms with E-state index in [-0.39, 0.29) is 18.1 Å². The molecule has 0 saturated carbocycles. The number of phenols is 1. The molecule has 1 atom stereocenters. The van der Waals surface area contributed by atoms with E-state index in [0.29, 0.717) is 39.0 Å². The van der Waals surface area contributed by atoms with Crippen LogP contribution in [0.1, 0.15) is 10.4 Å². The monoisotopic (exact) mass is 327 g/mol. The highest BCUT2D eigenvalue weighted by Crippen LogP contribution is 2.34. The Morgan fingerprint density at radius 1 is 1.17 bits per heavy atom. The Hall–Kier alpha value is -3.02. The zero-order valence-corrected chi connectivity index (χ0v) is 13.2. The lowest BCUT2D eigenvalue weighted by molar-refractivity contribution is 0.101. The minimum Gasteiger partial charge on any atom is -0.508 e. The molecule has 2 heterocycles. The largest absolute Gasteiger partial charge is 0.508 e. The third kappa shape index (κ3) is 2.03. The molecule has 0 unspecified atom stereocenters. The number of hydrogen-bond donors (Lipinski definition) is 1. The summed E-state index contributed by atoms with van der Waals surface area (Å²) in [5.41, 5.74) is 1.50. The molecule has 24 heavy (non-hydrogen) atoms. The SMILES string of the molecule is COc1cc2c(cc1OC)=C1C(=O)c3ccc(O)cc3O[C@@H]1C[O+]=2. The number of Topliss-reactive ketones (excluding diaryl/α,β-unsaturated/α-hetero) is 1. The van der Waals surface area contributed by atoms with Gasteiger partial charge in [0.05, 0.1) is 36.6 Å². The first-order valence-corrected chi connectivity index (χ1v) is 7.42. The van der Waals surface area contributed by atoms with Crippen molar-refractivity contribution in [3.05, 3.63) is 51.0 Å². The summed E-state index contributed by atoms with van der Waals surface area (Å²) in [7, 11) is 3.08. The van der Waals surface area contributed by atoms with Crippen molar-refractivity contribution in [2.75, 3.05) is 20.8 Å². The minimum absolute atomic E-state index is 0.0496. The smallest absolute Gasteiger partial charge is 0.355 e. The van der Waals surface area contributed by atoms with E-state index in [0.717, 1.165) is 0 Å². The van der Waals surface area contributed by atoms with E-state index in [1.54, 1.807) is 25.3 Å². The van der Waals surface area contributed by atoms with Gasteiger partial charge in [0.1, 0.15) is 11.5 Å². The Morgan fingerprint density at radius 3 is 2.67 bits per heavy atom. The minimum atomic E-state index is -0.530. The first kappa shape index (κ1) is 14.6. The van der Waals surface area contributed by atoms with Crippen LogP contribution in [0.4, 0.5) is 0 Å². The number of carbonyl (C=O) groups excluding carboxylic acids is 1. The third-order valence-electron chi connectivity index (χ3n) is 4.21. The van der Waals surface area contributed by atoms with Gasteiger partial charge in [0.2, 0.25) is 6.10 Å². The van der Waals surface area contributed by atoms with Gasteiger partial charge in [0, 0.05) is 12.1 Å². The number of phenolic OH excluding ortho intramolecular Hbond substituents is 1. The molecule has 0 fully saturated rings. The maximum Gasteiger partial charge on any atom is 0.355 e. The summed E-state index contributed by atoms with van der Waals surface area (Å²) in [5.74, 6) is 1.31. The van der Waals surface area contributed by atoms with Gasteiger partial charge in [-0.2, -0.15) is 0 Å². The van der Waals surface area contributed by atoms with E-state index < -0.39 is 6.10 Å². The Balaban J connectivity index is 2.00. The fraction of sp³-hybridized carbons (Fsp3) is 0.222. The number of ketones is 1. The molecule has 0 saturated heterocycles. The highest BCUT2D eigenvalue weighted by molar-refractivity contribution is 6.27. The van der Waals surface area contributed by atoms with Gasteiger partial charge >= 0.3 is 12.0 Å². The second-order valence-corrected chi connectivity index (χ2v) is 5.54. The van der Waals surface area contributed by atoms with Gasteiger partial charge in [-0.15, -0.1) is 0 Å². The Labute approximate surface area is 137 Å².